The minimum atomic E-state index is -0.689. The lowest BCUT2D eigenvalue weighted by molar-refractivity contribution is -0.158. The molecule has 0 N–H and O–H groups in total. The molecule has 10 nitrogen and oxygen atoms in total. The molecule has 5 aromatic carbocycles. The highest BCUT2D eigenvalue weighted by Crippen LogP contribution is 2.55. The molecular formula is C45H46I2O10. The first-order chi connectivity index (χ1) is 26.6. The average Bonchev–Trinajstić information content (AvgIpc) is 3.09. The Hall–Kier alpha value is -4.31. The molecule has 1 aliphatic heterocycles. The van der Waals surface area contributed by atoms with Gasteiger partial charge in [-0.15, -0.1) is 0 Å². The Kier molecular flexibility index (Phi) is 12.3. The maximum Gasteiger partial charge on any atom is 0.344 e. The summed E-state index contributed by atoms with van der Waals surface area (Å²) >= 11 is 4.53. The van der Waals surface area contributed by atoms with E-state index < -0.39 is 40.6 Å². The second-order valence-electron chi connectivity index (χ2n) is 16.7. The van der Waals surface area contributed by atoms with Crippen LogP contribution in [0.1, 0.15) is 84.9 Å². The zero-order valence-electron chi connectivity index (χ0n) is 33.5. The summed E-state index contributed by atoms with van der Waals surface area (Å²) in [5.74, 6) is 0.727. The van der Waals surface area contributed by atoms with E-state index in [1.54, 1.807) is 0 Å². The SMILES string of the molecule is CC(C)(C)OC(=O)COc1ccc2ccc3c(c2c1)C(c1cc(I)cc(I)c1OCC(=O)OC(C)(C)C)c1c(ccc2ccc(OCC(=O)OC(C)(C)C)cc12)O3. The zero-order chi connectivity index (χ0) is 41.4. The average molecular weight is 1000 g/mol. The fourth-order valence-corrected chi connectivity index (χ4v) is 8.65. The van der Waals surface area contributed by atoms with Gasteiger partial charge in [-0.2, -0.15) is 0 Å². The number of hydrogen-bond donors (Lipinski definition) is 0. The van der Waals surface area contributed by atoms with E-state index in [0.29, 0.717) is 28.7 Å². The summed E-state index contributed by atoms with van der Waals surface area (Å²) in [4.78, 5) is 38.3. The van der Waals surface area contributed by atoms with Crippen LogP contribution in [0.4, 0.5) is 0 Å². The van der Waals surface area contributed by atoms with Gasteiger partial charge in [0, 0.05) is 26.2 Å². The number of carbonyl (C=O) groups excluding carboxylic acids is 3. The molecule has 0 bridgehead atoms. The predicted octanol–water partition coefficient (Wildman–Crippen LogP) is 10.6. The second kappa shape index (κ2) is 16.5. The molecule has 0 saturated heterocycles. The van der Waals surface area contributed by atoms with E-state index in [2.05, 4.69) is 51.2 Å². The van der Waals surface area contributed by atoms with Crippen LogP contribution in [0.5, 0.6) is 28.7 Å². The van der Waals surface area contributed by atoms with Crippen LogP contribution in [0, 0.1) is 7.14 Å². The number of ether oxygens (including phenoxy) is 7. The monoisotopic (exact) mass is 1000 g/mol. The Morgan fingerprint density at radius 3 is 1.39 bits per heavy atom. The molecule has 1 aliphatic rings. The Bertz CT molecular complexity index is 2240. The van der Waals surface area contributed by atoms with Gasteiger partial charge in [0.15, 0.2) is 19.8 Å². The van der Waals surface area contributed by atoms with E-state index >= 15 is 0 Å². The molecule has 0 atom stereocenters. The molecule has 0 aliphatic carbocycles. The third-order valence-electron chi connectivity index (χ3n) is 8.44. The van der Waals surface area contributed by atoms with Gasteiger partial charge in [0.1, 0.15) is 45.6 Å². The van der Waals surface area contributed by atoms with Gasteiger partial charge >= 0.3 is 17.9 Å². The number of halogens is 2. The molecular weight excluding hydrogens is 954 g/mol. The van der Waals surface area contributed by atoms with Crippen LogP contribution in [-0.4, -0.2) is 54.5 Å². The predicted molar refractivity (Wildman–Crippen MR) is 235 cm³/mol. The van der Waals surface area contributed by atoms with Crippen molar-refractivity contribution in [1.29, 1.82) is 0 Å². The molecule has 6 rings (SSSR count). The summed E-state index contributed by atoms with van der Waals surface area (Å²) in [6, 6.07) is 23.2. The number of rotatable bonds is 10. The van der Waals surface area contributed by atoms with Gasteiger partial charge in [-0.3, -0.25) is 0 Å². The molecule has 0 radical (unpaired) electrons. The molecule has 0 aromatic heterocycles. The number of carbonyl (C=O) groups is 3. The highest BCUT2D eigenvalue weighted by molar-refractivity contribution is 14.1. The lowest BCUT2D eigenvalue weighted by atomic mass is 9.78. The van der Waals surface area contributed by atoms with Crippen molar-refractivity contribution in [2.45, 2.75) is 85.0 Å². The number of benzene rings is 5. The summed E-state index contributed by atoms with van der Waals surface area (Å²) in [6.07, 6.45) is 0. The molecule has 0 spiro atoms. The summed E-state index contributed by atoms with van der Waals surface area (Å²) in [7, 11) is 0. The summed E-state index contributed by atoms with van der Waals surface area (Å²) in [5.41, 5.74) is 0.452. The van der Waals surface area contributed by atoms with Gasteiger partial charge in [-0.1, -0.05) is 24.3 Å². The van der Waals surface area contributed by atoms with Crippen molar-refractivity contribution in [2.24, 2.45) is 0 Å². The van der Waals surface area contributed by atoms with Crippen molar-refractivity contribution in [3.63, 3.8) is 0 Å². The smallest absolute Gasteiger partial charge is 0.344 e. The van der Waals surface area contributed by atoms with Gasteiger partial charge < -0.3 is 33.2 Å². The molecule has 300 valence electrons. The Balaban J connectivity index is 1.54. The highest BCUT2D eigenvalue weighted by Gasteiger charge is 2.36. The lowest BCUT2D eigenvalue weighted by Gasteiger charge is -2.32. The van der Waals surface area contributed by atoms with E-state index in [0.717, 1.165) is 45.4 Å². The molecule has 12 heteroatoms. The van der Waals surface area contributed by atoms with E-state index in [-0.39, 0.29) is 19.8 Å². The normalized spacial score (nSPS) is 13.0. The first-order valence-corrected chi connectivity index (χ1v) is 20.6. The van der Waals surface area contributed by atoms with E-state index in [1.165, 1.54) is 0 Å². The summed E-state index contributed by atoms with van der Waals surface area (Å²) < 4.78 is 43.5. The molecule has 1 heterocycles. The number of esters is 3. The van der Waals surface area contributed by atoms with E-state index in [1.807, 2.05) is 129 Å². The molecule has 0 fully saturated rings. The van der Waals surface area contributed by atoms with Gasteiger partial charge in [0.25, 0.3) is 0 Å². The summed E-state index contributed by atoms with van der Waals surface area (Å²) in [6.45, 7) is 15.4. The van der Waals surface area contributed by atoms with Gasteiger partial charge in [0.05, 0.1) is 3.57 Å². The molecule has 0 amide bonds. The Labute approximate surface area is 360 Å². The van der Waals surface area contributed by atoms with Crippen molar-refractivity contribution in [3.05, 3.63) is 96.6 Å². The number of fused-ring (bicyclic) bond motifs is 6. The summed E-state index contributed by atoms with van der Waals surface area (Å²) in [5, 5.41) is 3.47. The maximum atomic E-state index is 13.0. The van der Waals surface area contributed by atoms with Crippen LogP contribution in [0.25, 0.3) is 21.5 Å². The van der Waals surface area contributed by atoms with Crippen LogP contribution in [0.3, 0.4) is 0 Å². The minimum Gasteiger partial charge on any atom is -0.482 e. The Morgan fingerprint density at radius 1 is 0.561 bits per heavy atom. The van der Waals surface area contributed by atoms with Crippen molar-refractivity contribution in [3.8, 4) is 28.7 Å². The van der Waals surface area contributed by atoms with Crippen LogP contribution >= 0.6 is 45.2 Å². The van der Waals surface area contributed by atoms with Crippen molar-refractivity contribution in [2.75, 3.05) is 19.8 Å². The third-order valence-corrected chi connectivity index (χ3v) is 9.87. The Morgan fingerprint density at radius 2 is 0.965 bits per heavy atom. The largest absolute Gasteiger partial charge is 0.482 e. The first kappa shape index (κ1) is 42.3. The van der Waals surface area contributed by atoms with Gasteiger partial charge in [-0.25, -0.2) is 14.4 Å². The standard InChI is InChI=1S/C45H46I2O10/c1-43(2,3)55-36(48)22-51-28-14-10-25-12-16-34-39(30(25)20-28)41(32-18-27(46)19-33(47)42(32)53-24-38(50)57-45(7,8)9)40-31-21-29(52-23-37(49)56-44(4,5)6)15-11-26(31)13-17-35(40)54-34/h10-21,41H,22-24H2,1-9H3. The molecule has 5 aromatic rings. The fraction of sp³-hybridized carbons (Fsp3) is 0.356. The van der Waals surface area contributed by atoms with Crippen LogP contribution < -0.4 is 18.9 Å². The van der Waals surface area contributed by atoms with E-state index in [9.17, 15) is 14.4 Å². The maximum absolute atomic E-state index is 13.0. The van der Waals surface area contributed by atoms with E-state index in [4.69, 9.17) is 33.2 Å². The fourth-order valence-electron chi connectivity index (χ4n) is 6.61. The minimum absolute atomic E-state index is 0.269. The first-order valence-electron chi connectivity index (χ1n) is 18.5. The van der Waals surface area contributed by atoms with Crippen LogP contribution in [0.15, 0.2) is 72.8 Å². The van der Waals surface area contributed by atoms with Crippen molar-refractivity contribution in [1.82, 2.24) is 0 Å². The number of hydrogen-bond acceptors (Lipinski definition) is 10. The van der Waals surface area contributed by atoms with Gasteiger partial charge in [0.2, 0.25) is 0 Å². The highest BCUT2D eigenvalue weighted by atomic mass is 127. The van der Waals surface area contributed by atoms with Crippen molar-refractivity contribution >= 4 is 84.6 Å². The molecule has 0 saturated carbocycles. The molecule has 57 heavy (non-hydrogen) atoms. The van der Waals surface area contributed by atoms with Crippen LogP contribution in [-0.2, 0) is 28.6 Å². The molecule has 0 unspecified atom stereocenters. The van der Waals surface area contributed by atoms with Crippen molar-refractivity contribution < 1.29 is 47.5 Å². The van der Waals surface area contributed by atoms with Gasteiger partial charge in [-0.05, 0) is 178 Å². The quantitative estimate of drug-likeness (QED) is 0.0746. The van der Waals surface area contributed by atoms with Crippen LogP contribution in [0.2, 0.25) is 0 Å². The zero-order valence-corrected chi connectivity index (χ0v) is 37.8. The second-order valence-corrected chi connectivity index (χ2v) is 19.1. The lowest BCUT2D eigenvalue weighted by Crippen LogP contribution is -2.27. The third kappa shape index (κ3) is 10.6. The topological polar surface area (TPSA) is 116 Å².